The van der Waals surface area contributed by atoms with Crippen molar-refractivity contribution in [2.75, 3.05) is 6.54 Å². The zero-order valence-electron chi connectivity index (χ0n) is 12.4. The molecular weight excluding hydrogens is 270 g/mol. The van der Waals surface area contributed by atoms with Gasteiger partial charge in [0.25, 0.3) is 0 Å². The van der Waals surface area contributed by atoms with Crippen LogP contribution < -0.4 is 0 Å². The Morgan fingerprint density at radius 1 is 1.40 bits per heavy atom. The Kier molecular flexibility index (Phi) is 4.16. The molecule has 0 bridgehead atoms. The van der Waals surface area contributed by atoms with Gasteiger partial charge in [0.1, 0.15) is 5.54 Å². The lowest BCUT2D eigenvalue weighted by molar-refractivity contribution is -0.150. The molecule has 108 valence electrons. The van der Waals surface area contributed by atoms with E-state index in [9.17, 15) is 9.90 Å². The predicted molar refractivity (Wildman–Crippen MR) is 84.3 cm³/mol. The van der Waals surface area contributed by atoms with Crippen LogP contribution in [0, 0.1) is 0 Å². The van der Waals surface area contributed by atoms with E-state index in [-0.39, 0.29) is 6.04 Å². The number of carboxylic acids is 1. The third-order valence-electron chi connectivity index (χ3n) is 3.91. The summed E-state index contributed by atoms with van der Waals surface area (Å²) in [5, 5.41) is 10.7. The van der Waals surface area contributed by atoms with Crippen LogP contribution in [0.4, 0.5) is 0 Å². The Balaban J connectivity index is 2.37. The summed E-state index contributed by atoms with van der Waals surface area (Å²) in [6.07, 6.45) is 0. The smallest absolute Gasteiger partial charge is 0.323 e. The normalized spacial score (nSPS) is 13.8. The van der Waals surface area contributed by atoms with Gasteiger partial charge in [-0.2, -0.15) is 0 Å². The van der Waals surface area contributed by atoms with Crippen molar-refractivity contribution in [1.29, 1.82) is 0 Å². The van der Waals surface area contributed by atoms with E-state index in [1.54, 1.807) is 25.2 Å². The maximum absolute atomic E-state index is 11.5. The minimum absolute atomic E-state index is 0.0866. The van der Waals surface area contributed by atoms with Crippen LogP contribution in [0.5, 0.6) is 0 Å². The minimum Gasteiger partial charge on any atom is -0.480 e. The zero-order chi connectivity index (χ0) is 14.9. The van der Waals surface area contributed by atoms with Gasteiger partial charge in [-0.05, 0) is 44.8 Å². The second kappa shape index (κ2) is 5.54. The summed E-state index contributed by atoms with van der Waals surface area (Å²) in [4.78, 5) is 14.7. The van der Waals surface area contributed by atoms with Crippen molar-refractivity contribution in [3.05, 3.63) is 35.2 Å². The highest BCUT2D eigenvalue weighted by Gasteiger charge is 2.37. The van der Waals surface area contributed by atoms with E-state index >= 15 is 0 Å². The highest BCUT2D eigenvalue weighted by Crippen LogP contribution is 2.35. The molecule has 0 fully saturated rings. The fourth-order valence-electron chi connectivity index (χ4n) is 2.64. The van der Waals surface area contributed by atoms with Crippen LogP contribution in [0.3, 0.4) is 0 Å². The first-order chi connectivity index (χ1) is 9.37. The molecule has 1 unspecified atom stereocenters. The molecule has 0 spiro atoms. The van der Waals surface area contributed by atoms with Gasteiger partial charge in [-0.3, -0.25) is 9.69 Å². The Morgan fingerprint density at radius 3 is 2.60 bits per heavy atom. The van der Waals surface area contributed by atoms with Gasteiger partial charge in [-0.1, -0.05) is 25.1 Å². The van der Waals surface area contributed by atoms with Crippen LogP contribution >= 0.6 is 11.3 Å². The Bertz CT molecular complexity index is 585. The molecule has 0 saturated heterocycles. The number of fused-ring (bicyclic) bond motifs is 1. The van der Waals surface area contributed by atoms with Crippen LogP contribution in [0.25, 0.3) is 10.1 Å². The van der Waals surface area contributed by atoms with Crippen LogP contribution in [0.2, 0.25) is 0 Å². The van der Waals surface area contributed by atoms with Gasteiger partial charge in [0.15, 0.2) is 0 Å². The molecule has 0 aliphatic rings. The van der Waals surface area contributed by atoms with E-state index in [2.05, 4.69) is 25.1 Å². The Morgan fingerprint density at radius 2 is 2.05 bits per heavy atom. The van der Waals surface area contributed by atoms with Gasteiger partial charge in [0, 0.05) is 15.6 Å². The van der Waals surface area contributed by atoms with E-state index in [1.165, 1.54) is 15.0 Å². The number of carbonyl (C=O) groups is 1. The van der Waals surface area contributed by atoms with Crippen molar-refractivity contribution in [3.8, 4) is 0 Å². The lowest BCUT2D eigenvalue weighted by atomic mass is 10.00. The first-order valence-corrected chi connectivity index (χ1v) is 7.68. The monoisotopic (exact) mass is 291 g/mol. The number of thiophene rings is 1. The van der Waals surface area contributed by atoms with Crippen molar-refractivity contribution in [2.24, 2.45) is 0 Å². The van der Waals surface area contributed by atoms with Gasteiger partial charge < -0.3 is 5.11 Å². The molecule has 0 amide bonds. The molecule has 2 aromatic rings. The van der Waals surface area contributed by atoms with Crippen molar-refractivity contribution in [3.63, 3.8) is 0 Å². The number of hydrogen-bond acceptors (Lipinski definition) is 3. The van der Waals surface area contributed by atoms with Gasteiger partial charge >= 0.3 is 5.97 Å². The topological polar surface area (TPSA) is 40.5 Å². The predicted octanol–water partition coefficient (Wildman–Crippen LogP) is 4.15. The lowest BCUT2D eigenvalue weighted by Crippen LogP contribution is -2.50. The van der Waals surface area contributed by atoms with E-state index in [0.717, 1.165) is 0 Å². The average Bonchev–Trinajstić information content (AvgIpc) is 2.82. The molecule has 1 aromatic heterocycles. The summed E-state index contributed by atoms with van der Waals surface area (Å²) in [7, 11) is 0. The fourth-order valence-corrected chi connectivity index (χ4v) is 3.77. The molecule has 1 aromatic carbocycles. The molecule has 4 heteroatoms. The molecule has 20 heavy (non-hydrogen) atoms. The van der Waals surface area contributed by atoms with Crippen LogP contribution in [0.1, 0.15) is 38.6 Å². The van der Waals surface area contributed by atoms with Gasteiger partial charge in [-0.25, -0.2) is 0 Å². The number of likely N-dealkylation sites (N-methyl/N-ethyl adjacent to an activating group) is 1. The first kappa shape index (κ1) is 15.0. The molecule has 0 radical (unpaired) electrons. The number of rotatable bonds is 5. The van der Waals surface area contributed by atoms with Crippen LogP contribution in [-0.2, 0) is 4.79 Å². The first-order valence-electron chi connectivity index (χ1n) is 6.86. The van der Waals surface area contributed by atoms with Gasteiger partial charge in [0.05, 0.1) is 0 Å². The molecule has 1 heterocycles. The zero-order valence-corrected chi connectivity index (χ0v) is 13.2. The van der Waals surface area contributed by atoms with Crippen LogP contribution in [-0.4, -0.2) is 28.1 Å². The number of hydrogen-bond donors (Lipinski definition) is 1. The van der Waals surface area contributed by atoms with E-state index in [4.69, 9.17) is 0 Å². The van der Waals surface area contributed by atoms with Gasteiger partial charge in [0.2, 0.25) is 0 Å². The molecule has 1 atom stereocenters. The summed E-state index contributed by atoms with van der Waals surface area (Å²) in [6, 6.07) is 10.5. The molecule has 1 N–H and O–H groups in total. The molecular formula is C16H21NO2S. The summed E-state index contributed by atoms with van der Waals surface area (Å²) in [6.45, 7) is 8.33. The third kappa shape index (κ3) is 2.58. The maximum Gasteiger partial charge on any atom is 0.323 e. The third-order valence-corrected chi connectivity index (χ3v) is 5.19. The van der Waals surface area contributed by atoms with Crippen molar-refractivity contribution in [2.45, 2.75) is 39.3 Å². The minimum atomic E-state index is -0.871. The van der Waals surface area contributed by atoms with Crippen molar-refractivity contribution in [1.82, 2.24) is 4.90 Å². The lowest BCUT2D eigenvalue weighted by Gasteiger charge is -2.38. The molecule has 3 nitrogen and oxygen atoms in total. The summed E-state index contributed by atoms with van der Waals surface area (Å²) < 4.78 is 1.25. The van der Waals surface area contributed by atoms with Crippen molar-refractivity contribution >= 4 is 27.4 Å². The summed E-state index contributed by atoms with van der Waals surface area (Å²) >= 11 is 1.74. The number of nitrogens with zero attached hydrogens (tertiary/aromatic N) is 1. The number of aliphatic carboxylic acids is 1. The van der Waals surface area contributed by atoms with E-state index in [0.29, 0.717) is 6.54 Å². The fraction of sp³-hybridized carbons (Fsp3) is 0.438. The van der Waals surface area contributed by atoms with Gasteiger partial charge in [-0.15, -0.1) is 11.3 Å². The average molecular weight is 291 g/mol. The second-order valence-electron chi connectivity index (χ2n) is 5.51. The highest BCUT2D eigenvalue weighted by molar-refractivity contribution is 7.19. The highest BCUT2D eigenvalue weighted by atomic mass is 32.1. The molecule has 0 aliphatic heterocycles. The summed E-state index contributed by atoms with van der Waals surface area (Å²) in [5.41, 5.74) is -0.871. The van der Waals surface area contributed by atoms with Crippen LogP contribution in [0.15, 0.2) is 30.3 Å². The van der Waals surface area contributed by atoms with E-state index in [1.807, 2.05) is 24.0 Å². The largest absolute Gasteiger partial charge is 0.480 e. The standard InChI is InChI=1S/C16H21NO2S/c1-5-17(16(3,4)15(18)19)11(2)14-10-12-8-6-7-9-13(12)20-14/h6-11H,5H2,1-4H3,(H,18,19). The number of benzene rings is 1. The molecule has 0 saturated carbocycles. The quantitative estimate of drug-likeness (QED) is 0.899. The van der Waals surface area contributed by atoms with Crippen molar-refractivity contribution < 1.29 is 9.90 Å². The Labute approximate surface area is 123 Å². The Hall–Kier alpha value is -1.39. The second-order valence-corrected chi connectivity index (χ2v) is 6.63. The summed E-state index contributed by atoms with van der Waals surface area (Å²) in [5.74, 6) is -0.785. The number of carboxylic acid groups (broad SMARTS) is 1. The SMILES string of the molecule is CCN(C(C)c1cc2ccccc2s1)C(C)(C)C(=O)O. The maximum atomic E-state index is 11.5. The molecule has 2 rings (SSSR count). The van der Waals surface area contributed by atoms with E-state index < -0.39 is 11.5 Å². The molecule has 0 aliphatic carbocycles.